The van der Waals surface area contributed by atoms with Gasteiger partial charge in [0.2, 0.25) is 0 Å². The molecule has 6 nitrogen and oxygen atoms in total. The Hall–Kier alpha value is -4.48. The van der Waals surface area contributed by atoms with Crippen LogP contribution in [-0.2, 0) is 36.8 Å². The molecule has 0 bridgehead atoms. The van der Waals surface area contributed by atoms with Gasteiger partial charge in [0.25, 0.3) is 5.91 Å². The average Bonchev–Trinajstić information content (AvgIpc) is 3.48. The van der Waals surface area contributed by atoms with E-state index in [-0.39, 0.29) is 41.6 Å². The lowest BCUT2D eigenvalue weighted by Crippen LogP contribution is -2.22. The lowest BCUT2D eigenvalue weighted by molar-refractivity contribution is -0.145. The number of aryl methyl sites for hydroxylation is 1. The van der Waals surface area contributed by atoms with Gasteiger partial charge in [0.1, 0.15) is 29.7 Å². The molecule has 1 aliphatic carbocycles. The number of aromatic nitrogens is 3. The van der Waals surface area contributed by atoms with Crippen molar-refractivity contribution in [1.82, 2.24) is 14.8 Å². The van der Waals surface area contributed by atoms with E-state index in [0.29, 0.717) is 40.4 Å². The molecule has 0 radical (unpaired) electrons. The first kappa shape index (κ1) is 29.0. The number of alkyl halides is 3. The highest BCUT2D eigenvalue weighted by atomic mass is 19.4. The molecule has 1 atom stereocenters. The number of Topliss-reactive ketones (excluding diaryl/α,β-unsaturated/α-hetero) is 1. The molecule has 218 valence electrons. The highest BCUT2D eigenvalue weighted by Gasteiger charge is 2.41. The van der Waals surface area contributed by atoms with Gasteiger partial charge < -0.3 is 5.73 Å². The summed E-state index contributed by atoms with van der Waals surface area (Å²) in [6.45, 7) is -0.666. The number of carbonyl (C=O) groups excluding carboxylic acids is 2. The Labute approximate surface area is 236 Å². The van der Waals surface area contributed by atoms with E-state index in [1.54, 1.807) is 12.1 Å². The lowest BCUT2D eigenvalue weighted by Gasteiger charge is -2.20. The molecule has 0 spiro atoms. The molecule has 2 aromatic carbocycles. The first-order valence-corrected chi connectivity index (χ1v) is 13.1. The number of fused-ring (bicyclic) bond motifs is 1. The number of pyridine rings is 1. The first-order valence-electron chi connectivity index (χ1n) is 13.1. The molecule has 0 unspecified atom stereocenters. The fourth-order valence-corrected chi connectivity index (χ4v) is 5.53. The third kappa shape index (κ3) is 6.07. The van der Waals surface area contributed by atoms with Crippen LogP contribution in [-0.4, -0.2) is 26.5 Å². The summed E-state index contributed by atoms with van der Waals surface area (Å²) in [5.74, 6) is -5.02. The van der Waals surface area contributed by atoms with Gasteiger partial charge in [-0.25, -0.2) is 13.2 Å². The Morgan fingerprint density at radius 1 is 1.00 bits per heavy atom. The van der Waals surface area contributed by atoms with Crippen LogP contribution in [0.15, 0.2) is 54.7 Å². The zero-order valence-corrected chi connectivity index (χ0v) is 22.0. The Balaban J connectivity index is 1.53. The average molecular weight is 587 g/mol. The van der Waals surface area contributed by atoms with Crippen molar-refractivity contribution in [2.24, 2.45) is 5.73 Å². The van der Waals surface area contributed by atoms with Crippen LogP contribution in [0.1, 0.15) is 57.3 Å². The van der Waals surface area contributed by atoms with Crippen LogP contribution in [0.2, 0.25) is 0 Å². The molecular formula is C30H24F6N4O2. The fourth-order valence-electron chi connectivity index (χ4n) is 5.53. The van der Waals surface area contributed by atoms with Crippen LogP contribution in [0.3, 0.4) is 0 Å². The van der Waals surface area contributed by atoms with Gasteiger partial charge in [-0.2, -0.15) is 18.3 Å². The van der Waals surface area contributed by atoms with E-state index in [1.807, 2.05) is 0 Å². The first-order chi connectivity index (χ1) is 19.9. The molecule has 5 rings (SSSR count). The number of hydrogen-bond donors (Lipinski definition) is 1. The molecule has 0 saturated carbocycles. The van der Waals surface area contributed by atoms with Crippen LogP contribution in [0, 0.1) is 17.5 Å². The molecule has 0 aliphatic heterocycles. The number of nitrogens with two attached hydrogens (primary N) is 1. The van der Waals surface area contributed by atoms with Crippen molar-refractivity contribution < 1.29 is 35.9 Å². The standard InChI is InChI=1S/C30H24F6N4O2/c31-19-10-16(11-20(32)14-19)9-18(12-21(41)15-40-28(30(34,35)36)23-3-1-5-26(23)39-40)27-22(4-2-8-38-27)17-6-7-25(33)24(13-17)29(37)42/h2,4,6-8,10-11,13-14,18H,1,3,5,9,12,15H2,(H2,37,42)/t18-/m1/s1. The summed E-state index contributed by atoms with van der Waals surface area (Å²) >= 11 is 0. The van der Waals surface area contributed by atoms with Gasteiger partial charge in [0.05, 0.1) is 17.0 Å². The van der Waals surface area contributed by atoms with Gasteiger partial charge >= 0.3 is 6.18 Å². The van der Waals surface area contributed by atoms with E-state index in [2.05, 4.69) is 10.1 Å². The molecule has 4 aromatic rings. The number of benzene rings is 2. The Morgan fingerprint density at radius 3 is 2.43 bits per heavy atom. The number of hydrogen-bond acceptors (Lipinski definition) is 4. The molecule has 1 aliphatic rings. The molecular weight excluding hydrogens is 562 g/mol. The van der Waals surface area contributed by atoms with E-state index in [1.165, 1.54) is 18.3 Å². The third-order valence-corrected chi connectivity index (χ3v) is 7.22. The molecule has 12 heteroatoms. The van der Waals surface area contributed by atoms with Crippen LogP contribution in [0.4, 0.5) is 26.3 Å². The quantitative estimate of drug-likeness (QED) is 0.245. The summed E-state index contributed by atoms with van der Waals surface area (Å²) in [5.41, 5.74) is 5.54. The van der Waals surface area contributed by atoms with Crippen molar-refractivity contribution in [2.75, 3.05) is 0 Å². The molecule has 1 amide bonds. The maximum atomic E-state index is 14.2. The normalized spacial score (nSPS) is 13.7. The highest BCUT2D eigenvalue weighted by Crippen LogP contribution is 2.38. The molecule has 2 heterocycles. The molecule has 2 N–H and O–H groups in total. The minimum absolute atomic E-state index is 0.0932. The van der Waals surface area contributed by atoms with E-state index >= 15 is 0 Å². The van der Waals surface area contributed by atoms with E-state index in [4.69, 9.17) is 5.73 Å². The lowest BCUT2D eigenvalue weighted by atomic mass is 9.86. The van der Waals surface area contributed by atoms with E-state index in [9.17, 15) is 35.9 Å². The second kappa shape index (κ2) is 11.4. The smallest absolute Gasteiger partial charge is 0.366 e. The molecule has 42 heavy (non-hydrogen) atoms. The second-order valence-corrected chi connectivity index (χ2v) is 10.2. The van der Waals surface area contributed by atoms with Gasteiger partial charge in [-0.3, -0.25) is 19.3 Å². The number of ketones is 1. The summed E-state index contributed by atoms with van der Waals surface area (Å²) in [4.78, 5) is 29.5. The zero-order valence-electron chi connectivity index (χ0n) is 22.0. The van der Waals surface area contributed by atoms with E-state index < -0.39 is 53.5 Å². The van der Waals surface area contributed by atoms with Gasteiger partial charge in [0, 0.05) is 35.7 Å². The number of carbonyl (C=O) groups is 2. The molecule has 2 aromatic heterocycles. The van der Waals surface area contributed by atoms with Crippen LogP contribution in [0.25, 0.3) is 11.1 Å². The summed E-state index contributed by atoms with van der Waals surface area (Å²) in [5, 5.41) is 4.07. The predicted molar refractivity (Wildman–Crippen MR) is 140 cm³/mol. The van der Waals surface area contributed by atoms with Crippen molar-refractivity contribution in [3.63, 3.8) is 0 Å². The summed E-state index contributed by atoms with van der Waals surface area (Å²) in [6, 6.07) is 9.68. The summed E-state index contributed by atoms with van der Waals surface area (Å²) < 4.78 is 84.7. The minimum Gasteiger partial charge on any atom is -0.366 e. The van der Waals surface area contributed by atoms with Gasteiger partial charge in [-0.05, 0) is 67.1 Å². The van der Waals surface area contributed by atoms with Crippen LogP contribution < -0.4 is 5.73 Å². The monoisotopic (exact) mass is 586 g/mol. The largest absolute Gasteiger partial charge is 0.433 e. The summed E-state index contributed by atoms with van der Waals surface area (Å²) in [6.07, 6.45) is -2.60. The number of nitrogens with zero attached hydrogens (tertiary/aromatic N) is 3. The Kier molecular flexibility index (Phi) is 7.89. The van der Waals surface area contributed by atoms with Gasteiger partial charge in [-0.1, -0.05) is 12.1 Å². The Bertz CT molecular complexity index is 1660. The predicted octanol–water partition coefficient (Wildman–Crippen LogP) is 5.95. The highest BCUT2D eigenvalue weighted by molar-refractivity contribution is 5.94. The van der Waals surface area contributed by atoms with Crippen LogP contribution >= 0.6 is 0 Å². The van der Waals surface area contributed by atoms with Crippen molar-refractivity contribution in [3.05, 3.63) is 106 Å². The van der Waals surface area contributed by atoms with Gasteiger partial charge in [0.15, 0.2) is 5.78 Å². The maximum Gasteiger partial charge on any atom is 0.433 e. The number of primary amides is 1. The van der Waals surface area contributed by atoms with Crippen molar-refractivity contribution >= 4 is 11.7 Å². The van der Waals surface area contributed by atoms with Crippen LogP contribution in [0.5, 0.6) is 0 Å². The van der Waals surface area contributed by atoms with Crippen molar-refractivity contribution in [2.45, 2.75) is 50.7 Å². The van der Waals surface area contributed by atoms with Crippen molar-refractivity contribution in [3.8, 4) is 11.1 Å². The third-order valence-electron chi connectivity index (χ3n) is 7.22. The number of amides is 1. The van der Waals surface area contributed by atoms with E-state index in [0.717, 1.165) is 18.2 Å². The number of halogens is 6. The SMILES string of the molecule is NC(=O)c1cc(-c2cccnc2[C@@H](CC(=O)Cn2nc3c(c2C(F)(F)F)CCC3)Cc2cc(F)cc(F)c2)ccc1F. The summed E-state index contributed by atoms with van der Waals surface area (Å²) in [7, 11) is 0. The second-order valence-electron chi connectivity index (χ2n) is 10.2. The van der Waals surface area contributed by atoms with Gasteiger partial charge in [-0.15, -0.1) is 0 Å². The molecule has 0 fully saturated rings. The number of rotatable bonds is 9. The zero-order chi connectivity index (χ0) is 30.2. The fraction of sp³-hybridized carbons (Fsp3) is 0.267. The topological polar surface area (TPSA) is 90.9 Å². The minimum atomic E-state index is -4.71. The molecule has 0 saturated heterocycles. The van der Waals surface area contributed by atoms with Crippen molar-refractivity contribution in [1.29, 1.82) is 0 Å². The maximum absolute atomic E-state index is 14.2. The Morgan fingerprint density at radius 2 is 1.74 bits per heavy atom.